The lowest BCUT2D eigenvalue weighted by molar-refractivity contribution is -0.141. The average molecular weight is 380 g/mol. The van der Waals surface area contributed by atoms with Crippen molar-refractivity contribution in [1.29, 1.82) is 0 Å². The third-order valence-electron chi connectivity index (χ3n) is 4.88. The topological polar surface area (TPSA) is 33.4 Å². The summed E-state index contributed by atoms with van der Waals surface area (Å²) in [6.45, 7) is 3.72. The zero-order valence-electron chi connectivity index (χ0n) is 14.3. The Morgan fingerprint density at radius 3 is 2.62 bits per heavy atom. The fourth-order valence-corrected chi connectivity index (χ4v) is 4.37. The zero-order chi connectivity index (χ0) is 18.3. The lowest BCUT2D eigenvalue weighted by Crippen LogP contribution is -2.42. The fourth-order valence-electron chi connectivity index (χ4n) is 3.60. The van der Waals surface area contributed by atoms with E-state index in [-0.39, 0.29) is 5.92 Å². The quantitative estimate of drug-likeness (QED) is 0.723. The van der Waals surface area contributed by atoms with Gasteiger partial charge in [0.15, 0.2) is 5.69 Å². The molecule has 2 aliphatic heterocycles. The van der Waals surface area contributed by atoms with Gasteiger partial charge in [-0.05, 0) is 55.5 Å². The first-order chi connectivity index (χ1) is 12.4. The van der Waals surface area contributed by atoms with Crippen molar-refractivity contribution in [2.24, 2.45) is 4.40 Å². The van der Waals surface area contributed by atoms with E-state index in [1.54, 1.807) is 18.9 Å². The predicted octanol–water partition coefficient (Wildman–Crippen LogP) is 4.44. The summed E-state index contributed by atoms with van der Waals surface area (Å²) in [6, 6.07) is 8.72. The molecule has 26 heavy (non-hydrogen) atoms. The van der Waals surface area contributed by atoms with Crippen LogP contribution in [0.3, 0.4) is 0 Å². The van der Waals surface area contributed by atoms with E-state index in [1.807, 2.05) is 24.3 Å². The fraction of sp³-hybridized carbons (Fsp3) is 0.444. The maximum Gasteiger partial charge on any atom is 0.435 e. The van der Waals surface area contributed by atoms with Gasteiger partial charge in [0.1, 0.15) is 5.84 Å². The Balaban J connectivity index is 1.61. The minimum atomic E-state index is -4.43. The van der Waals surface area contributed by atoms with Crippen molar-refractivity contribution in [3.8, 4) is 5.69 Å². The van der Waals surface area contributed by atoms with Crippen molar-refractivity contribution in [2.75, 3.05) is 18.8 Å². The Labute approximate surface area is 154 Å². The largest absolute Gasteiger partial charge is 0.435 e. The normalized spacial score (nSPS) is 20.7. The van der Waals surface area contributed by atoms with Crippen molar-refractivity contribution >= 4 is 17.8 Å². The first kappa shape index (κ1) is 17.5. The number of aryl methyl sites for hydroxylation is 1. The van der Waals surface area contributed by atoms with Gasteiger partial charge in [0.2, 0.25) is 0 Å². The molecule has 4 rings (SSSR count). The number of hydrogen-bond donors (Lipinski definition) is 0. The van der Waals surface area contributed by atoms with Crippen molar-refractivity contribution in [2.45, 2.75) is 31.9 Å². The Morgan fingerprint density at radius 2 is 1.92 bits per heavy atom. The standard InChI is InChI=1S/C18H19F3N4S/c1-12-11-16(18(19,20)21)22-25(12)14-6-4-13(5-7-14)15-3-2-8-24-9-10-26-23-17(15)24/h4-7,11,15H,2-3,8-10H2,1H3. The van der Waals surface area contributed by atoms with E-state index >= 15 is 0 Å². The second-order valence-corrected chi connectivity index (χ2v) is 7.49. The van der Waals surface area contributed by atoms with Crippen LogP contribution in [0.1, 0.15) is 35.7 Å². The van der Waals surface area contributed by atoms with Crippen LogP contribution >= 0.6 is 11.9 Å². The second-order valence-electron chi connectivity index (χ2n) is 6.64. The molecular formula is C18H19F3N4S. The molecule has 0 bridgehead atoms. The number of alkyl halides is 3. The van der Waals surface area contributed by atoms with Gasteiger partial charge in [0.05, 0.1) is 5.69 Å². The van der Waals surface area contributed by atoms with Gasteiger partial charge in [0.25, 0.3) is 0 Å². The molecule has 0 amide bonds. The van der Waals surface area contributed by atoms with Gasteiger partial charge in [0, 0.05) is 30.5 Å². The van der Waals surface area contributed by atoms with Crippen molar-refractivity contribution in [3.05, 3.63) is 47.3 Å². The first-order valence-corrected chi connectivity index (χ1v) is 9.57. The molecule has 1 aromatic heterocycles. The molecule has 2 aliphatic rings. The molecule has 1 atom stereocenters. The van der Waals surface area contributed by atoms with Crippen LogP contribution in [0.15, 0.2) is 34.7 Å². The van der Waals surface area contributed by atoms with Crippen LogP contribution in [0.4, 0.5) is 13.2 Å². The molecule has 8 heteroatoms. The first-order valence-electron chi connectivity index (χ1n) is 8.62. The van der Waals surface area contributed by atoms with Gasteiger partial charge < -0.3 is 4.90 Å². The molecule has 2 aromatic rings. The van der Waals surface area contributed by atoms with E-state index in [2.05, 4.69) is 14.4 Å². The van der Waals surface area contributed by atoms with E-state index in [9.17, 15) is 13.2 Å². The Hall–Kier alpha value is -1.96. The molecule has 0 radical (unpaired) electrons. The smallest absolute Gasteiger partial charge is 0.358 e. The summed E-state index contributed by atoms with van der Waals surface area (Å²) in [7, 11) is 0. The maximum absolute atomic E-state index is 12.9. The number of amidine groups is 1. The number of hydrogen-bond acceptors (Lipinski definition) is 4. The minimum Gasteiger partial charge on any atom is -0.358 e. The van der Waals surface area contributed by atoms with E-state index in [0.29, 0.717) is 11.4 Å². The van der Waals surface area contributed by atoms with Gasteiger partial charge in [-0.25, -0.2) is 9.08 Å². The molecule has 138 valence electrons. The van der Waals surface area contributed by atoms with Crippen LogP contribution in [0.5, 0.6) is 0 Å². The summed E-state index contributed by atoms with van der Waals surface area (Å²) in [5, 5.41) is 3.72. The number of nitrogens with zero attached hydrogens (tertiary/aromatic N) is 4. The number of fused-ring (bicyclic) bond motifs is 1. The number of rotatable bonds is 2. The van der Waals surface area contributed by atoms with Gasteiger partial charge in [-0.15, -0.1) is 0 Å². The summed E-state index contributed by atoms with van der Waals surface area (Å²) in [5.74, 6) is 2.42. The molecule has 0 spiro atoms. The molecule has 1 saturated heterocycles. The van der Waals surface area contributed by atoms with E-state index in [1.165, 1.54) is 4.68 Å². The highest BCUT2D eigenvalue weighted by molar-refractivity contribution is 7.98. The maximum atomic E-state index is 12.9. The monoisotopic (exact) mass is 380 g/mol. The number of aromatic nitrogens is 2. The summed E-state index contributed by atoms with van der Waals surface area (Å²) in [4.78, 5) is 2.35. The molecule has 0 saturated carbocycles. The summed E-state index contributed by atoms with van der Waals surface area (Å²) < 4.78 is 44.6. The third-order valence-corrected chi connectivity index (χ3v) is 5.57. The van der Waals surface area contributed by atoms with Crippen LogP contribution in [0.2, 0.25) is 0 Å². The van der Waals surface area contributed by atoms with Gasteiger partial charge >= 0.3 is 6.18 Å². The Bertz CT molecular complexity index is 826. The zero-order valence-corrected chi connectivity index (χ0v) is 15.1. The Morgan fingerprint density at radius 1 is 1.15 bits per heavy atom. The molecule has 4 nitrogen and oxygen atoms in total. The van der Waals surface area contributed by atoms with Gasteiger partial charge in [-0.1, -0.05) is 12.1 Å². The highest BCUT2D eigenvalue weighted by atomic mass is 32.2. The van der Waals surface area contributed by atoms with Crippen LogP contribution in [0, 0.1) is 6.92 Å². The average Bonchev–Trinajstić information content (AvgIpc) is 3.04. The molecule has 1 unspecified atom stereocenters. The number of piperidine rings is 1. The molecule has 0 aliphatic carbocycles. The van der Waals surface area contributed by atoms with Crippen molar-refractivity contribution < 1.29 is 13.2 Å². The summed E-state index contributed by atoms with van der Waals surface area (Å²) in [5.41, 5.74) is 1.38. The van der Waals surface area contributed by atoms with Crippen molar-refractivity contribution in [3.63, 3.8) is 0 Å². The van der Waals surface area contributed by atoms with Crippen LogP contribution < -0.4 is 0 Å². The van der Waals surface area contributed by atoms with Crippen LogP contribution in [-0.4, -0.2) is 39.4 Å². The van der Waals surface area contributed by atoms with Gasteiger partial charge in [-0.2, -0.15) is 18.3 Å². The molecular weight excluding hydrogens is 361 g/mol. The van der Waals surface area contributed by atoms with Crippen LogP contribution in [0.25, 0.3) is 5.69 Å². The second kappa shape index (κ2) is 6.64. The lowest BCUT2D eigenvalue weighted by atomic mass is 9.89. The van der Waals surface area contributed by atoms with Crippen LogP contribution in [-0.2, 0) is 6.18 Å². The number of benzene rings is 1. The summed E-state index contributed by atoms with van der Waals surface area (Å²) >= 11 is 1.61. The van der Waals surface area contributed by atoms with Gasteiger partial charge in [-0.3, -0.25) is 0 Å². The van der Waals surface area contributed by atoms with E-state index in [4.69, 9.17) is 0 Å². The molecule has 1 fully saturated rings. The third kappa shape index (κ3) is 3.22. The minimum absolute atomic E-state index is 0.259. The number of halogens is 3. The van der Waals surface area contributed by atoms with Crippen molar-refractivity contribution in [1.82, 2.24) is 14.7 Å². The SMILES string of the molecule is Cc1cc(C(F)(F)F)nn1-c1ccc(C2CCCN3CCSN=C23)cc1. The Kier molecular flexibility index (Phi) is 4.46. The highest BCUT2D eigenvalue weighted by Crippen LogP contribution is 2.33. The van der Waals surface area contributed by atoms with E-state index < -0.39 is 11.9 Å². The molecule has 1 aromatic carbocycles. The summed E-state index contributed by atoms with van der Waals surface area (Å²) in [6.07, 6.45) is -2.25. The van der Waals surface area contributed by atoms with E-state index in [0.717, 1.165) is 49.1 Å². The highest BCUT2D eigenvalue weighted by Gasteiger charge is 2.34. The molecule has 3 heterocycles. The predicted molar refractivity (Wildman–Crippen MR) is 96.7 cm³/mol. The molecule has 0 N–H and O–H groups in total. The lowest BCUT2D eigenvalue weighted by Gasteiger charge is -2.37.